The van der Waals surface area contributed by atoms with Gasteiger partial charge in [0.2, 0.25) is 5.91 Å². The third-order valence-electron chi connectivity index (χ3n) is 5.94. The van der Waals surface area contributed by atoms with Gasteiger partial charge in [-0.1, -0.05) is 11.6 Å². The minimum absolute atomic E-state index is 0.146. The number of carbonyl (C=O) groups excluding carboxylic acids is 1. The van der Waals surface area contributed by atoms with Gasteiger partial charge in [-0.3, -0.25) is 4.79 Å². The summed E-state index contributed by atoms with van der Waals surface area (Å²) in [5.74, 6) is 2.07. The lowest BCUT2D eigenvalue weighted by Crippen LogP contribution is -2.42. The normalized spacial score (nSPS) is 18.0. The maximum atomic E-state index is 12.7. The predicted molar refractivity (Wildman–Crippen MR) is 112 cm³/mol. The molecule has 0 spiro atoms. The summed E-state index contributed by atoms with van der Waals surface area (Å²) in [5, 5.41) is 14.0. The first-order valence-corrected chi connectivity index (χ1v) is 10.6. The van der Waals surface area contributed by atoms with Crippen molar-refractivity contribution in [2.75, 3.05) is 31.1 Å². The number of benzene rings is 1. The maximum absolute atomic E-state index is 12.7. The van der Waals surface area contributed by atoms with E-state index < -0.39 is 0 Å². The summed E-state index contributed by atoms with van der Waals surface area (Å²) >= 11 is 6.00. The van der Waals surface area contributed by atoms with Crippen LogP contribution >= 0.6 is 11.6 Å². The summed E-state index contributed by atoms with van der Waals surface area (Å²) in [6.07, 6.45) is 4.04. The van der Waals surface area contributed by atoms with Gasteiger partial charge in [0, 0.05) is 42.7 Å². The van der Waals surface area contributed by atoms with Crippen molar-refractivity contribution in [1.82, 2.24) is 24.7 Å². The van der Waals surface area contributed by atoms with Crippen LogP contribution in [-0.4, -0.2) is 56.8 Å². The Hall–Kier alpha value is -2.67. The molecule has 0 bridgehead atoms. The molecule has 1 amide bonds. The van der Waals surface area contributed by atoms with Gasteiger partial charge in [-0.15, -0.1) is 15.3 Å². The zero-order valence-electron chi connectivity index (χ0n) is 16.2. The molecule has 150 valence electrons. The first-order valence-electron chi connectivity index (χ1n) is 10.2. The van der Waals surface area contributed by atoms with Crippen molar-refractivity contribution < 1.29 is 4.79 Å². The number of halogens is 1. The summed E-state index contributed by atoms with van der Waals surface area (Å²) in [5.41, 5.74) is 1.62. The summed E-state index contributed by atoms with van der Waals surface area (Å²) in [7, 11) is 0. The van der Waals surface area contributed by atoms with Gasteiger partial charge in [0.1, 0.15) is 5.82 Å². The standard InChI is InChI=1S/C21H23ClN6O/c22-17-5-3-15(4-6-17)20-24-23-18-7-8-19(25-28(18)20)26-13-9-16(10-14-26)21(29)27-11-1-2-12-27/h3-8,16H,1-2,9-14H2. The van der Waals surface area contributed by atoms with Gasteiger partial charge < -0.3 is 9.80 Å². The molecule has 2 fully saturated rings. The molecule has 0 saturated carbocycles. The average molecular weight is 411 g/mol. The van der Waals surface area contributed by atoms with E-state index in [1.165, 1.54) is 0 Å². The van der Waals surface area contributed by atoms with Crippen molar-refractivity contribution in [3.05, 3.63) is 41.4 Å². The molecule has 0 unspecified atom stereocenters. The minimum atomic E-state index is 0.146. The van der Waals surface area contributed by atoms with Crippen LogP contribution in [0.2, 0.25) is 5.02 Å². The van der Waals surface area contributed by atoms with Gasteiger partial charge in [0.15, 0.2) is 11.5 Å². The smallest absolute Gasteiger partial charge is 0.225 e. The van der Waals surface area contributed by atoms with Crippen molar-refractivity contribution in [1.29, 1.82) is 0 Å². The highest BCUT2D eigenvalue weighted by Gasteiger charge is 2.30. The fourth-order valence-corrected chi connectivity index (χ4v) is 4.40. The predicted octanol–water partition coefficient (Wildman–Crippen LogP) is 3.28. The van der Waals surface area contributed by atoms with E-state index in [0.717, 1.165) is 63.2 Å². The van der Waals surface area contributed by atoms with Crippen molar-refractivity contribution in [2.45, 2.75) is 25.7 Å². The third kappa shape index (κ3) is 3.55. The third-order valence-corrected chi connectivity index (χ3v) is 6.19. The highest BCUT2D eigenvalue weighted by atomic mass is 35.5. The number of fused-ring (bicyclic) bond motifs is 1. The van der Waals surface area contributed by atoms with Crippen LogP contribution in [0.3, 0.4) is 0 Å². The Morgan fingerprint density at radius 1 is 0.931 bits per heavy atom. The van der Waals surface area contributed by atoms with Crippen LogP contribution < -0.4 is 4.90 Å². The van der Waals surface area contributed by atoms with Crippen molar-refractivity contribution in [2.24, 2.45) is 5.92 Å². The molecule has 2 aliphatic rings. The molecule has 3 aromatic rings. The van der Waals surface area contributed by atoms with E-state index in [1.54, 1.807) is 4.52 Å². The summed E-state index contributed by atoms with van der Waals surface area (Å²) in [6.45, 7) is 3.53. The van der Waals surface area contributed by atoms with E-state index in [9.17, 15) is 4.79 Å². The first-order chi connectivity index (χ1) is 14.2. The number of rotatable bonds is 3. The lowest BCUT2D eigenvalue weighted by molar-refractivity contribution is -0.135. The van der Waals surface area contributed by atoms with Crippen LogP contribution in [-0.2, 0) is 4.79 Å². The Kier molecular flexibility index (Phi) is 4.83. The Bertz CT molecular complexity index is 1020. The molecule has 4 heterocycles. The van der Waals surface area contributed by atoms with E-state index in [0.29, 0.717) is 22.4 Å². The minimum Gasteiger partial charge on any atom is -0.355 e. The molecule has 2 aliphatic heterocycles. The topological polar surface area (TPSA) is 66.6 Å². The number of likely N-dealkylation sites (tertiary alicyclic amines) is 1. The molecule has 2 aromatic heterocycles. The van der Waals surface area contributed by atoms with Gasteiger partial charge in [0.25, 0.3) is 0 Å². The quantitative estimate of drug-likeness (QED) is 0.662. The molecule has 8 heteroatoms. The second-order valence-electron chi connectivity index (χ2n) is 7.79. The Morgan fingerprint density at radius 2 is 1.66 bits per heavy atom. The first kappa shape index (κ1) is 18.4. The number of anilines is 1. The maximum Gasteiger partial charge on any atom is 0.225 e. The largest absolute Gasteiger partial charge is 0.355 e. The number of hydrogen-bond acceptors (Lipinski definition) is 5. The summed E-state index contributed by atoms with van der Waals surface area (Å²) in [6, 6.07) is 11.4. The number of nitrogens with zero attached hydrogens (tertiary/aromatic N) is 6. The van der Waals surface area contributed by atoms with Crippen LogP contribution in [0.25, 0.3) is 17.0 Å². The van der Waals surface area contributed by atoms with Crippen molar-refractivity contribution in [3.63, 3.8) is 0 Å². The lowest BCUT2D eigenvalue weighted by Gasteiger charge is -2.33. The van der Waals surface area contributed by atoms with Crippen molar-refractivity contribution >= 4 is 29.0 Å². The summed E-state index contributed by atoms with van der Waals surface area (Å²) in [4.78, 5) is 17.0. The molecule has 0 atom stereocenters. The van der Waals surface area contributed by atoms with Gasteiger partial charge in [-0.05, 0) is 62.1 Å². The van der Waals surface area contributed by atoms with Gasteiger partial charge in [-0.25, -0.2) is 0 Å². The molecule has 29 heavy (non-hydrogen) atoms. The van der Waals surface area contributed by atoms with Crippen LogP contribution in [0.4, 0.5) is 5.82 Å². The fourth-order valence-electron chi connectivity index (χ4n) is 4.28. The zero-order valence-corrected chi connectivity index (χ0v) is 16.9. The van der Waals surface area contributed by atoms with Crippen LogP contribution in [0, 0.1) is 5.92 Å². The van der Waals surface area contributed by atoms with Gasteiger partial charge >= 0.3 is 0 Å². The molecular formula is C21H23ClN6O. The molecule has 0 radical (unpaired) electrons. The molecule has 7 nitrogen and oxygen atoms in total. The zero-order chi connectivity index (χ0) is 19.8. The van der Waals surface area contributed by atoms with E-state index in [2.05, 4.69) is 15.1 Å². The number of piperidine rings is 1. The van der Waals surface area contributed by atoms with E-state index >= 15 is 0 Å². The van der Waals surface area contributed by atoms with E-state index in [1.807, 2.05) is 41.3 Å². The SMILES string of the molecule is O=C(C1CCN(c2ccc3nnc(-c4ccc(Cl)cc4)n3n2)CC1)N1CCCC1. The van der Waals surface area contributed by atoms with Gasteiger partial charge in [0.05, 0.1) is 0 Å². The monoisotopic (exact) mass is 410 g/mol. The number of aromatic nitrogens is 4. The Labute approximate surface area is 174 Å². The van der Waals surface area contributed by atoms with E-state index in [-0.39, 0.29) is 5.92 Å². The second kappa shape index (κ2) is 7.63. The fraction of sp³-hybridized carbons (Fsp3) is 0.429. The molecule has 2 saturated heterocycles. The second-order valence-corrected chi connectivity index (χ2v) is 8.22. The van der Waals surface area contributed by atoms with Crippen LogP contribution in [0.1, 0.15) is 25.7 Å². The van der Waals surface area contributed by atoms with Crippen molar-refractivity contribution in [3.8, 4) is 11.4 Å². The Morgan fingerprint density at radius 3 is 2.38 bits per heavy atom. The van der Waals surface area contributed by atoms with Crippen LogP contribution in [0.5, 0.6) is 0 Å². The number of carbonyl (C=O) groups is 1. The molecular weight excluding hydrogens is 388 g/mol. The highest BCUT2D eigenvalue weighted by Crippen LogP contribution is 2.26. The summed E-state index contributed by atoms with van der Waals surface area (Å²) < 4.78 is 1.78. The van der Waals surface area contributed by atoms with Crippen LogP contribution in [0.15, 0.2) is 36.4 Å². The Balaban J connectivity index is 1.34. The van der Waals surface area contributed by atoms with E-state index in [4.69, 9.17) is 16.7 Å². The molecule has 1 aromatic carbocycles. The lowest BCUT2D eigenvalue weighted by atomic mass is 9.95. The molecule has 5 rings (SSSR count). The number of hydrogen-bond donors (Lipinski definition) is 0. The molecule has 0 aliphatic carbocycles. The highest BCUT2D eigenvalue weighted by molar-refractivity contribution is 6.30. The van der Waals surface area contributed by atoms with Gasteiger partial charge in [-0.2, -0.15) is 4.52 Å². The average Bonchev–Trinajstić information content (AvgIpc) is 3.44. The number of amides is 1. The molecule has 0 N–H and O–H groups in total.